The monoisotopic (exact) mass is 1720 g/mol. The van der Waals surface area contributed by atoms with Gasteiger partial charge in [-0.25, -0.2) is 35.2 Å². The fourth-order valence-electron chi connectivity index (χ4n) is 29.9. The summed E-state index contributed by atoms with van der Waals surface area (Å²) in [6, 6.07) is -0.161. The van der Waals surface area contributed by atoms with Crippen LogP contribution in [0, 0.1) is 113 Å². The number of carboxylic acids is 1. The molecule has 0 amide bonds. The molecule has 8 saturated carbocycles. The van der Waals surface area contributed by atoms with Crippen LogP contribution < -0.4 is 10.6 Å². The minimum atomic E-state index is -2.89. The Kier molecular flexibility index (Phi) is 27.8. The first-order chi connectivity index (χ1) is 55.7. The zero-order chi connectivity index (χ0) is 86.9. The van der Waals surface area contributed by atoms with Crippen LogP contribution in [0.15, 0.2) is 70.9 Å². The fraction of sp³-hybridized carbons (Fsp3) is 0.833. The number of rotatable bonds is 21. The van der Waals surface area contributed by atoms with Crippen LogP contribution in [0.3, 0.4) is 0 Å². The molecule has 119 heavy (non-hydrogen) atoms. The molecule has 12 aliphatic carbocycles. The van der Waals surface area contributed by atoms with E-state index >= 15 is 0 Å². The van der Waals surface area contributed by atoms with Crippen molar-refractivity contribution in [3.05, 3.63) is 70.9 Å². The van der Waals surface area contributed by atoms with Gasteiger partial charge in [0.1, 0.15) is 18.8 Å². The Hall–Kier alpha value is -4.19. The molecule has 2 saturated heterocycles. The Balaban J connectivity index is 0.000000199. The van der Waals surface area contributed by atoms with E-state index in [0.717, 1.165) is 39.0 Å². The lowest BCUT2D eigenvalue weighted by molar-refractivity contribution is -0.221. The molecule has 0 bridgehead atoms. The molecule has 0 aromatic carbocycles. The molecular weight excluding hydrogens is 1570 g/mol. The molecular formula is C96H151ClF2N4O14S2. The number of hydrogen-bond acceptors (Lipinski definition) is 17. The maximum Gasteiger partial charge on any atom is 0.511 e. The third-order valence-corrected chi connectivity index (χ3v) is 39.8. The highest BCUT2D eigenvalue weighted by atomic mass is 35.5. The average molecular weight is 1720 g/mol. The van der Waals surface area contributed by atoms with Crippen LogP contribution in [0.25, 0.3) is 0 Å². The van der Waals surface area contributed by atoms with Gasteiger partial charge in [-0.3, -0.25) is 9.59 Å². The Bertz CT molecular complexity index is 4140. The normalized spacial score (nSPS) is 40.9. The van der Waals surface area contributed by atoms with Gasteiger partial charge in [-0.2, -0.15) is 0 Å². The first-order valence-corrected chi connectivity index (χ1v) is 50.1. The highest BCUT2D eigenvalue weighted by Crippen LogP contribution is 2.79. The second-order valence-electron chi connectivity index (χ2n) is 43.4. The van der Waals surface area contributed by atoms with Crippen molar-refractivity contribution in [1.82, 2.24) is 20.4 Å². The van der Waals surface area contributed by atoms with Gasteiger partial charge in [-0.1, -0.05) is 129 Å². The number of alkyl halides is 3. The van der Waals surface area contributed by atoms with Crippen molar-refractivity contribution in [2.45, 2.75) is 288 Å². The number of nitrogens with zero attached hydrogens (tertiary/aromatic N) is 2. The van der Waals surface area contributed by atoms with Gasteiger partial charge in [0.15, 0.2) is 25.7 Å². The van der Waals surface area contributed by atoms with Crippen molar-refractivity contribution in [1.29, 1.82) is 0 Å². The Labute approximate surface area is 719 Å². The molecule has 18 nitrogen and oxygen atoms in total. The number of esters is 1. The molecule has 0 spiro atoms. The Morgan fingerprint density at radius 1 is 0.504 bits per heavy atom. The Morgan fingerprint density at radius 3 is 1.25 bits per heavy atom. The van der Waals surface area contributed by atoms with Crippen LogP contribution in [0.5, 0.6) is 0 Å². The molecule has 0 unspecified atom stereocenters. The van der Waals surface area contributed by atoms with Gasteiger partial charge < -0.3 is 49.2 Å². The van der Waals surface area contributed by atoms with Crippen LogP contribution in [0.4, 0.5) is 18.4 Å². The molecule has 3 N–H and O–H groups in total. The summed E-state index contributed by atoms with van der Waals surface area (Å²) >= 11 is 5.06. The molecule has 23 heteroatoms. The number of carbonyl (C=O) groups excluding carboxylic acids is 3. The number of sulfone groups is 2. The summed E-state index contributed by atoms with van der Waals surface area (Å²) in [5.74, 6) is 5.32. The van der Waals surface area contributed by atoms with Gasteiger partial charge in [0.2, 0.25) is 6.79 Å². The zero-order valence-electron chi connectivity index (χ0n) is 75.5. The van der Waals surface area contributed by atoms with Crippen molar-refractivity contribution in [2.24, 2.45) is 113 Å². The maximum atomic E-state index is 14.7. The van der Waals surface area contributed by atoms with E-state index in [4.69, 9.17) is 25.8 Å². The van der Waals surface area contributed by atoms with E-state index in [1.807, 2.05) is 0 Å². The van der Waals surface area contributed by atoms with E-state index in [0.29, 0.717) is 123 Å². The van der Waals surface area contributed by atoms with Crippen LogP contribution in [-0.4, -0.2) is 181 Å². The van der Waals surface area contributed by atoms with Crippen molar-refractivity contribution in [3.8, 4) is 0 Å². The molecule has 14 rings (SSSR count). The van der Waals surface area contributed by atoms with Crippen molar-refractivity contribution >= 4 is 55.5 Å². The standard InChI is InChI=1S/C48H75FN2O7S.C43H67FN2O4S.C5H9ClO3/c1-32(2)35-14-21-48(50-24-25-51-26-28-59(54,55)29-27-51)23-22-45(8)37(40(35)48)10-11-39-44(7)17-15-36(43(5,6)38(44)16-18-46(39,45)9)34-12-19-47(30-49,20-13-34)41(52)56-31-57-42(53)58-33(3)4;1-29(2)31-12-19-43(45-22-23-46-24-26-51(49,50)27-25-46)21-20-40(6)33(36(31)43)8-9-35-39(5)15-13-32(38(3,4)34(39)14-16-41(35,40)7)30-10-17-42(28-44,18-11-30)37(47)48;1-4(2)9-5(7)8-3-6/h12,15,33,35,37-40,50H,1,10-11,13-14,16-31H2,2-9H3;10,13,31,33-36,45H,1,8-9,11-12,14-28H2,2-7H3,(H,47,48);4H,3H2,1-2H3/t35-,37+,38-,39+,40+,44-,45+,46+,47+,48-;31-,33+,34-,35+,36+,39-,40+,41+,42+,43-;/m00./s1. The third kappa shape index (κ3) is 17.3. The van der Waals surface area contributed by atoms with Crippen molar-refractivity contribution in [2.75, 3.05) is 102 Å². The lowest BCUT2D eigenvalue weighted by Crippen LogP contribution is -2.68. The fourth-order valence-corrected chi connectivity index (χ4v) is 32.5. The summed E-state index contributed by atoms with van der Waals surface area (Å²) < 4.78 is 101. The maximum absolute atomic E-state index is 14.7. The minimum Gasteiger partial charge on any atom is -0.481 e. The summed E-state index contributed by atoms with van der Waals surface area (Å²) in [6.45, 7) is 50.4. The number of nitrogens with one attached hydrogen (secondary N) is 2. The van der Waals surface area contributed by atoms with Gasteiger partial charge in [0.05, 0.1) is 40.6 Å². The molecule has 0 aromatic heterocycles. The molecule has 0 radical (unpaired) electrons. The molecule has 2 heterocycles. The largest absolute Gasteiger partial charge is 0.511 e. The highest BCUT2D eigenvalue weighted by Gasteiger charge is 2.73. The predicted molar refractivity (Wildman–Crippen MR) is 467 cm³/mol. The van der Waals surface area contributed by atoms with Crippen LogP contribution in [0.1, 0.15) is 265 Å². The topological polar surface area (TPSA) is 233 Å². The van der Waals surface area contributed by atoms with Crippen LogP contribution >= 0.6 is 11.6 Å². The molecule has 10 fully saturated rings. The lowest BCUT2D eigenvalue weighted by Gasteiger charge is -2.72. The lowest BCUT2D eigenvalue weighted by atomic mass is 9.33. The summed E-state index contributed by atoms with van der Waals surface area (Å²) in [6.07, 6.45) is 31.4. The second kappa shape index (κ2) is 35.2. The zero-order valence-corrected chi connectivity index (χ0v) is 77.9. The number of ether oxygens (including phenoxy) is 5. The smallest absolute Gasteiger partial charge is 0.481 e. The first-order valence-electron chi connectivity index (χ1n) is 45.9. The summed E-state index contributed by atoms with van der Waals surface area (Å²) in [4.78, 5) is 51.9. The van der Waals surface area contributed by atoms with E-state index in [2.05, 4.69) is 150 Å². The molecule has 2 aliphatic heterocycles. The predicted octanol–water partition coefficient (Wildman–Crippen LogP) is 19.5. The van der Waals surface area contributed by atoms with Gasteiger partial charge in [0.25, 0.3) is 0 Å². The third-order valence-electron chi connectivity index (χ3n) is 36.5. The van der Waals surface area contributed by atoms with Gasteiger partial charge in [-0.15, -0.1) is 0 Å². The number of hydrogen-bond donors (Lipinski definition) is 3. The minimum absolute atomic E-state index is 0.0163. The molecule has 0 aromatic rings. The number of carboxylic acid groups (broad SMARTS) is 1. The number of fused-ring (bicyclic) bond motifs is 14. The van der Waals surface area contributed by atoms with E-state index in [-0.39, 0.29) is 97.0 Å². The van der Waals surface area contributed by atoms with Crippen molar-refractivity contribution < 1.29 is 73.6 Å². The molecule has 672 valence electrons. The summed E-state index contributed by atoms with van der Waals surface area (Å²) in [5, 5.41) is 18.2. The average Bonchev–Trinajstić information content (AvgIpc) is 1.64. The number of allylic oxidation sites excluding steroid dienone is 10. The Morgan fingerprint density at radius 2 is 0.899 bits per heavy atom. The first kappa shape index (κ1) is 94.0. The van der Waals surface area contributed by atoms with Gasteiger partial charge in [-0.05, 0) is 320 Å². The van der Waals surface area contributed by atoms with Crippen LogP contribution in [-0.2, 0) is 52.9 Å². The number of aliphatic carboxylic acids is 1. The number of halogens is 3. The highest BCUT2D eigenvalue weighted by molar-refractivity contribution is 7.91. The van der Waals surface area contributed by atoms with Gasteiger partial charge >= 0.3 is 24.2 Å². The molecule has 14 aliphatic rings. The van der Waals surface area contributed by atoms with E-state index in [1.54, 1.807) is 27.7 Å². The van der Waals surface area contributed by atoms with Gasteiger partial charge in [0, 0.05) is 63.4 Å². The molecule has 20 atom stereocenters. The quantitative estimate of drug-likeness (QED) is 0.0319. The van der Waals surface area contributed by atoms with E-state index in [1.165, 1.54) is 136 Å². The van der Waals surface area contributed by atoms with Crippen LogP contribution in [0.2, 0.25) is 0 Å². The SMILES string of the molecule is C=C(C)[C@@H]1CC[C@]2(NCCN3CCS(=O)(=O)CC3)CC[C@]3(C)[C@H](CC[C@@H]4[C@@]5(C)CC=C(C6=CC[C@@](CF)(C(=O)O)CC6)C(C)(C)[C@@H]5CC[C@]43C)[C@@H]12.C=C(C)[C@@H]1CC[C@]2(NCCN3CCS(=O)(=O)CC3)CC[C@]3(C)[C@H](CC[C@@H]4[C@@]5(C)CC=C(C6=CC[C@@](CF)(C(=O)OCOC(=O)OC(C)C)CC6)C(C)(C)[C@@H]5CC[C@]43C)[C@@H]12.CC(C)OC(=O)OCCl. The van der Waals surface area contributed by atoms with Crippen molar-refractivity contribution in [3.63, 3.8) is 0 Å². The summed E-state index contributed by atoms with van der Waals surface area (Å²) in [7, 11) is -5.76. The number of carbonyl (C=O) groups is 4. The van der Waals surface area contributed by atoms with E-state index < -0.39 is 74.9 Å². The second-order valence-corrected chi connectivity index (χ2v) is 48.2. The van der Waals surface area contributed by atoms with E-state index in [9.17, 15) is 49.9 Å². The summed E-state index contributed by atoms with van der Waals surface area (Å²) in [5.41, 5.74) is 6.92.